The van der Waals surface area contributed by atoms with Gasteiger partial charge in [-0.2, -0.15) is 0 Å². The van der Waals surface area contributed by atoms with Crippen LogP contribution in [0.5, 0.6) is 5.75 Å². The second-order valence-corrected chi connectivity index (χ2v) is 5.70. The summed E-state index contributed by atoms with van der Waals surface area (Å²) < 4.78 is 0. The summed E-state index contributed by atoms with van der Waals surface area (Å²) in [5, 5.41) is 9.11. The maximum atomic E-state index is 9.11. The van der Waals surface area contributed by atoms with Gasteiger partial charge < -0.3 is 5.11 Å². The smallest absolute Gasteiger partial charge is 0.115 e. The van der Waals surface area contributed by atoms with Gasteiger partial charge in [-0.1, -0.05) is 0 Å². The van der Waals surface area contributed by atoms with E-state index in [0.717, 1.165) is 0 Å². The molecule has 0 atom stereocenters. The molecule has 1 saturated heterocycles. The van der Waals surface area contributed by atoms with Crippen molar-refractivity contribution in [2.45, 2.75) is 17.7 Å². The lowest BCUT2D eigenvalue weighted by atomic mass is 10.3. The van der Waals surface area contributed by atoms with Crippen molar-refractivity contribution < 1.29 is 5.11 Å². The molecule has 1 N–H and O–H groups in total. The van der Waals surface area contributed by atoms with Gasteiger partial charge in [0.2, 0.25) is 0 Å². The third kappa shape index (κ3) is 1.58. The predicted octanol–water partition coefficient (Wildman–Crippen LogP) is 2.55. The van der Waals surface area contributed by atoms with E-state index in [4.69, 9.17) is 5.11 Å². The fourth-order valence-electron chi connectivity index (χ4n) is 1.64. The SMILES string of the molecule is Oc1ccc([SH]2CCCC2)cc1. The highest BCUT2D eigenvalue weighted by atomic mass is 32.2. The maximum absolute atomic E-state index is 9.11. The first-order chi connectivity index (χ1) is 5.86. The number of aromatic hydroxyl groups is 1. The Kier molecular flexibility index (Phi) is 2.26. The average molecular weight is 182 g/mol. The molecule has 0 bridgehead atoms. The molecular formula is C10H14OS. The molecular weight excluding hydrogens is 168 g/mol. The van der Waals surface area contributed by atoms with Crippen LogP contribution in [0.15, 0.2) is 29.2 Å². The molecule has 0 aliphatic carbocycles. The van der Waals surface area contributed by atoms with E-state index in [1.807, 2.05) is 0 Å². The van der Waals surface area contributed by atoms with E-state index in [1.54, 1.807) is 12.1 Å². The second-order valence-electron chi connectivity index (χ2n) is 3.21. The normalized spacial score (nSPS) is 19.8. The molecule has 0 amide bonds. The Morgan fingerprint density at radius 3 is 2.17 bits per heavy atom. The highest BCUT2D eigenvalue weighted by molar-refractivity contribution is 8.17. The van der Waals surface area contributed by atoms with Crippen LogP contribution in [0.4, 0.5) is 0 Å². The predicted molar refractivity (Wildman–Crippen MR) is 54.3 cm³/mol. The maximum Gasteiger partial charge on any atom is 0.115 e. The molecule has 0 aromatic heterocycles. The number of rotatable bonds is 1. The Hall–Kier alpha value is -0.630. The standard InChI is InChI=1S/C10H14OS/c11-9-3-5-10(6-4-9)12-7-1-2-8-12/h3-6,11-12H,1-2,7-8H2. The monoisotopic (exact) mass is 182 g/mol. The molecule has 12 heavy (non-hydrogen) atoms. The van der Waals surface area contributed by atoms with Gasteiger partial charge >= 0.3 is 0 Å². The van der Waals surface area contributed by atoms with Crippen LogP contribution < -0.4 is 0 Å². The van der Waals surface area contributed by atoms with Gasteiger partial charge in [0.1, 0.15) is 5.75 Å². The molecule has 0 unspecified atom stereocenters. The van der Waals surface area contributed by atoms with Crippen molar-refractivity contribution in [1.82, 2.24) is 0 Å². The van der Waals surface area contributed by atoms with Crippen LogP contribution in [0.3, 0.4) is 0 Å². The van der Waals surface area contributed by atoms with Crippen LogP contribution in [-0.4, -0.2) is 16.6 Å². The molecule has 0 spiro atoms. The molecule has 1 aromatic carbocycles. The van der Waals surface area contributed by atoms with Crippen LogP contribution in [0.2, 0.25) is 0 Å². The first kappa shape index (κ1) is 7.99. The molecule has 2 heteroatoms. The van der Waals surface area contributed by atoms with E-state index in [2.05, 4.69) is 12.1 Å². The van der Waals surface area contributed by atoms with Crippen molar-refractivity contribution in [3.05, 3.63) is 24.3 Å². The minimum Gasteiger partial charge on any atom is -0.508 e. The van der Waals surface area contributed by atoms with Crippen LogP contribution in [-0.2, 0) is 0 Å². The van der Waals surface area contributed by atoms with E-state index in [-0.39, 0.29) is 10.9 Å². The van der Waals surface area contributed by atoms with E-state index in [0.29, 0.717) is 5.75 Å². The zero-order valence-electron chi connectivity index (χ0n) is 7.03. The second kappa shape index (κ2) is 3.40. The molecule has 0 radical (unpaired) electrons. The fourth-order valence-corrected chi connectivity index (χ4v) is 4.16. The van der Waals surface area contributed by atoms with Gasteiger partial charge in [0.25, 0.3) is 0 Å². The van der Waals surface area contributed by atoms with E-state index in [9.17, 15) is 0 Å². The van der Waals surface area contributed by atoms with Gasteiger partial charge in [-0.3, -0.25) is 0 Å². The Morgan fingerprint density at radius 1 is 1.00 bits per heavy atom. The molecule has 66 valence electrons. The molecule has 1 fully saturated rings. The van der Waals surface area contributed by atoms with Crippen LogP contribution in [0, 0.1) is 0 Å². The third-order valence-corrected chi connectivity index (χ3v) is 5.06. The number of phenols is 1. The lowest BCUT2D eigenvalue weighted by Gasteiger charge is -2.13. The van der Waals surface area contributed by atoms with Gasteiger partial charge in [0, 0.05) is 0 Å². The van der Waals surface area contributed by atoms with Crippen molar-refractivity contribution in [3.63, 3.8) is 0 Å². The Balaban J connectivity index is 2.17. The van der Waals surface area contributed by atoms with Crippen molar-refractivity contribution in [3.8, 4) is 5.75 Å². The highest BCUT2D eigenvalue weighted by Gasteiger charge is 2.12. The summed E-state index contributed by atoms with van der Waals surface area (Å²) in [5.41, 5.74) is 0. The van der Waals surface area contributed by atoms with Crippen molar-refractivity contribution in [2.24, 2.45) is 0 Å². The van der Waals surface area contributed by atoms with Crippen LogP contribution in [0.25, 0.3) is 0 Å². The summed E-state index contributed by atoms with van der Waals surface area (Å²) in [5.74, 6) is 3.16. The largest absolute Gasteiger partial charge is 0.508 e. The van der Waals surface area contributed by atoms with Crippen LogP contribution >= 0.6 is 10.9 Å². The minimum atomic E-state index is 0.136. The van der Waals surface area contributed by atoms with Crippen LogP contribution in [0.1, 0.15) is 12.8 Å². The topological polar surface area (TPSA) is 20.2 Å². The summed E-state index contributed by atoms with van der Waals surface area (Å²) in [6.45, 7) is 0. The van der Waals surface area contributed by atoms with Gasteiger partial charge in [-0.15, -0.1) is 0 Å². The average Bonchev–Trinajstić information content (AvgIpc) is 2.58. The number of hydrogen-bond donors (Lipinski definition) is 2. The highest BCUT2D eigenvalue weighted by Crippen LogP contribution is 2.42. The van der Waals surface area contributed by atoms with E-state index >= 15 is 0 Å². The molecule has 1 nitrogen and oxygen atoms in total. The number of phenolic OH excluding ortho intramolecular Hbond substituents is 1. The third-order valence-electron chi connectivity index (χ3n) is 2.32. The van der Waals surface area contributed by atoms with E-state index in [1.165, 1.54) is 29.2 Å². The minimum absolute atomic E-state index is 0.136. The Bertz CT molecular complexity index is 249. The molecule has 1 aliphatic heterocycles. The van der Waals surface area contributed by atoms with Crippen molar-refractivity contribution >= 4 is 10.9 Å². The van der Waals surface area contributed by atoms with Gasteiger partial charge in [0.05, 0.1) is 0 Å². The quantitative estimate of drug-likeness (QED) is 0.639. The van der Waals surface area contributed by atoms with Crippen molar-refractivity contribution in [1.29, 1.82) is 0 Å². The zero-order chi connectivity index (χ0) is 8.39. The summed E-state index contributed by atoms with van der Waals surface area (Å²) in [4.78, 5) is 1.46. The van der Waals surface area contributed by atoms with Gasteiger partial charge in [-0.25, -0.2) is 10.9 Å². The zero-order valence-corrected chi connectivity index (χ0v) is 7.93. The molecule has 2 rings (SSSR count). The molecule has 1 aromatic rings. The Morgan fingerprint density at radius 2 is 1.58 bits per heavy atom. The van der Waals surface area contributed by atoms with Gasteiger partial charge in [0.15, 0.2) is 0 Å². The summed E-state index contributed by atoms with van der Waals surface area (Å²) in [7, 11) is 0.136. The summed E-state index contributed by atoms with van der Waals surface area (Å²) in [6.07, 6.45) is 2.79. The first-order valence-corrected chi connectivity index (χ1v) is 6.11. The molecule has 0 saturated carbocycles. The number of thiol groups is 1. The summed E-state index contributed by atoms with van der Waals surface area (Å²) in [6, 6.07) is 7.75. The number of benzene rings is 1. The van der Waals surface area contributed by atoms with Crippen molar-refractivity contribution in [2.75, 3.05) is 11.5 Å². The first-order valence-electron chi connectivity index (χ1n) is 4.40. The van der Waals surface area contributed by atoms with Gasteiger partial charge in [-0.05, 0) is 53.5 Å². The number of hydrogen-bond acceptors (Lipinski definition) is 1. The molecule has 1 heterocycles. The molecule has 1 aliphatic rings. The van der Waals surface area contributed by atoms with E-state index < -0.39 is 0 Å². The summed E-state index contributed by atoms with van der Waals surface area (Å²) >= 11 is 0. The fraction of sp³-hybridized carbons (Fsp3) is 0.400. The lowest BCUT2D eigenvalue weighted by Crippen LogP contribution is -1.83. The Labute approximate surface area is 75.8 Å². The lowest BCUT2D eigenvalue weighted by molar-refractivity contribution is 0.475.